The van der Waals surface area contributed by atoms with Crippen LogP contribution in [0.4, 0.5) is 0 Å². The summed E-state index contributed by atoms with van der Waals surface area (Å²) in [5, 5.41) is 6.95. The van der Waals surface area contributed by atoms with Crippen molar-refractivity contribution in [3.8, 4) is 11.5 Å². The van der Waals surface area contributed by atoms with Crippen LogP contribution in [0.1, 0.15) is 18.9 Å². The molecule has 1 aromatic rings. The quantitative estimate of drug-likeness (QED) is 0.501. The third-order valence-electron chi connectivity index (χ3n) is 4.98. The third kappa shape index (κ3) is 6.92. The molecular formula is C20H35N5O2. The molecule has 1 aliphatic rings. The fourth-order valence-electron chi connectivity index (χ4n) is 3.22. The number of methoxy groups -OCH3 is 2. The van der Waals surface area contributed by atoms with E-state index in [1.54, 1.807) is 14.2 Å². The summed E-state index contributed by atoms with van der Waals surface area (Å²) in [6.07, 6.45) is 1.11. The number of likely N-dealkylation sites (tertiary alicyclic amines) is 1. The van der Waals surface area contributed by atoms with Crippen LogP contribution in [0.3, 0.4) is 0 Å². The minimum absolute atomic E-state index is 0.410. The number of hydrogen-bond donors (Lipinski definition) is 2. The Kier molecular flexibility index (Phi) is 8.67. The van der Waals surface area contributed by atoms with Gasteiger partial charge in [0.1, 0.15) is 11.5 Å². The van der Waals surface area contributed by atoms with Crippen molar-refractivity contribution in [2.45, 2.75) is 25.9 Å². The summed E-state index contributed by atoms with van der Waals surface area (Å²) in [6, 6.07) is 6.47. The number of ether oxygens (including phenoxy) is 2. The zero-order valence-electron chi connectivity index (χ0n) is 17.4. The topological polar surface area (TPSA) is 61.4 Å². The van der Waals surface area contributed by atoms with Crippen LogP contribution in [0, 0.1) is 0 Å². The molecule has 1 heterocycles. The molecule has 2 rings (SSSR count). The van der Waals surface area contributed by atoms with E-state index in [4.69, 9.17) is 9.47 Å². The summed E-state index contributed by atoms with van der Waals surface area (Å²) in [5.74, 6) is 2.55. The van der Waals surface area contributed by atoms with Gasteiger partial charge in [-0.25, -0.2) is 0 Å². The molecule has 1 aliphatic heterocycles. The van der Waals surface area contributed by atoms with Gasteiger partial charge >= 0.3 is 0 Å². The van der Waals surface area contributed by atoms with Gasteiger partial charge in [-0.3, -0.25) is 9.89 Å². The first-order valence-electron chi connectivity index (χ1n) is 9.68. The van der Waals surface area contributed by atoms with Gasteiger partial charge in [-0.05, 0) is 37.7 Å². The maximum absolute atomic E-state index is 5.37. The highest BCUT2D eigenvalue weighted by atomic mass is 16.5. The lowest BCUT2D eigenvalue weighted by molar-refractivity contribution is 0.321. The highest BCUT2D eigenvalue weighted by molar-refractivity contribution is 5.80. The predicted octanol–water partition coefficient (Wildman–Crippen LogP) is 1.39. The third-order valence-corrected chi connectivity index (χ3v) is 4.98. The largest absolute Gasteiger partial charge is 0.497 e. The monoisotopic (exact) mass is 377 g/mol. The van der Waals surface area contributed by atoms with E-state index in [1.807, 2.05) is 13.1 Å². The molecule has 152 valence electrons. The number of hydrogen-bond acceptors (Lipinski definition) is 5. The summed E-state index contributed by atoms with van der Waals surface area (Å²) in [7, 11) is 7.32. The number of nitrogens with one attached hydrogen (secondary N) is 2. The fourth-order valence-corrected chi connectivity index (χ4v) is 3.22. The van der Waals surface area contributed by atoms with E-state index in [9.17, 15) is 0 Å². The normalized spacial score (nSPS) is 18.0. The van der Waals surface area contributed by atoms with Gasteiger partial charge in [0, 0.05) is 51.9 Å². The molecule has 1 aromatic carbocycles. The average Bonchev–Trinajstić information content (AvgIpc) is 3.13. The Labute approximate surface area is 163 Å². The molecule has 0 amide bonds. The van der Waals surface area contributed by atoms with E-state index in [0.717, 1.165) is 63.1 Å². The standard InChI is InChI=1S/C20H35N5O2/c1-6-24(3)10-8-22-20(21-2)23-17-7-9-25(15-17)14-16-11-18(26-4)13-19(12-16)27-5/h11-13,17H,6-10,14-15H2,1-5H3,(H2,21,22,23). The molecule has 1 atom stereocenters. The van der Waals surface area contributed by atoms with Crippen molar-refractivity contribution in [3.63, 3.8) is 0 Å². The second-order valence-corrected chi connectivity index (χ2v) is 6.98. The summed E-state index contributed by atoms with van der Waals surface area (Å²) < 4.78 is 10.7. The Balaban J connectivity index is 1.82. The van der Waals surface area contributed by atoms with Crippen molar-refractivity contribution in [3.05, 3.63) is 23.8 Å². The molecule has 2 N–H and O–H groups in total. The second kappa shape index (κ2) is 11.0. The summed E-state index contributed by atoms with van der Waals surface area (Å²) in [4.78, 5) is 9.08. The van der Waals surface area contributed by atoms with Crippen molar-refractivity contribution in [2.24, 2.45) is 4.99 Å². The van der Waals surface area contributed by atoms with Gasteiger partial charge in [0.15, 0.2) is 5.96 Å². The average molecular weight is 378 g/mol. The Hall–Kier alpha value is -1.99. The number of benzene rings is 1. The zero-order chi connectivity index (χ0) is 19.6. The van der Waals surface area contributed by atoms with Gasteiger partial charge in [0.25, 0.3) is 0 Å². The van der Waals surface area contributed by atoms with Crippen LogP contribution in [0.25, 0.3) is 0 Å². The number of aliphatic imine (C=N–C) groups is 1. The number of nitrogens with zero attached hydrogens (tertiary/aromatic N) is 3. The lowest BCUT2D eigenvalue weighted by Gasteiger charge is -2.20. The SMILES string of the molecule is CCN(C)CCNC(=NC)NC1CCN(Cc2cc(OC)cc(OC)c2)C1. The smallest absolute Gasteiger partial charge is 0.191 e. The second-order valence-electron chi connectivity index (χ2n) is 6.98. The van der Waals surface area contributed by atoms with Crippen LogP contribution in [0.15, 0.2) is 23.2 Å². The van der Waals surface area contributed by atoms with Gasteiger partial charge < -0.3 is 25.0 Å². The van der Waals surface area contributed by atoms with Gasteiger partial charge in [-0.2, -0.15) is 0 Å². The Morgan fingerprint density at radius 2 is 1.96 bits per heavy atom. The first kappa shape index (κ1) is 21.3. The van der Waals surface area contributed by atoms with Crippen LogP contribution in [-0.2, 0) is 6.54 Å². The van der Waals surface area contributed by atoms with Crippen LogP contribution in [0.2, 0.25) is 0 Å². The molecule has 0 aromatic heterocycles. The van der Waals surface area contributed by atoms with E-state index in [1.165, 1.54) is 5.56 Å². The van der Waals surface area contributed by atoms with Crippen molar-refractivity contribution in [1.29, 1.82) is 0 Å². The Morgan fingerprint density at radius 1 is 1.26 bits per heavy atom. The molecule has 1 saturated heterocycles. The highest BCUT2D eigenvalue weighted by Crippen LogP contribution is 2.24. The number of rotatable bonds is 9. The molecular weight excluding hydrogens is 342 g/mol. The maximum atomic E-state index is 5.37. The molecule has 0 saturated carbocycles. The van der Waals surface area contributed by atoms with Gasteiger partial charge in [0.2, 0.25) is 0 Å². The highest BCUT2D eigenvalue weighted by Gasteiger charge is 2.23. The van der Waals surface area contributed by atoms with Crippen LogP contribution in [0.5, 0.6) is 11.5 Å². The summed E-state index contributed by atoms with van der Waals surface area (Å²) in [5.41, 5.74) is 1.21. The van der Waals surface area contributed by atoms with E-state index in [0.29, 0.717) is 6.04 Å². The molecule has 1 unspecified atom stereocenters. The Bertz CT molecular complexity index is 586. The maximum Gasteiger partial charge on any atom is 0.191 e. The molecule has 27 heavy (non-hydrogen) atoms. The van der Waals surface area contributed by atoms with E-state index >= 15 is 0 Å². The molecule has 7 heteroatoms. The van der Waals surface area contributed by atoms with Gasteiger partial charge in [-0.1, -0.05) is 6.92 Å². The van der Waals surface area contributed by atoms with E-state index in [2.05, 4.69) is 51.5 Å². The summed E-state index contributed by atoms with van der Waals surface area (Å²) >= 11 is 0. The molecule has 7 nitrogen and oxygen atoms in total. The van der Waals surface area contributed by atoms with Crippen molar-refractivity contribution in [2.75, 3.05) is 61.0 Å². The Morgan fingerprint density at radius 3 is 2.56 bits per heavy atom. The first-order valence-corrected chi connectivity index (χ1v) is 9.68. The molecule has 0 radical (unpaired) electrons. The van der Waals surface area contributed by atoms with Crippen molar-refractivity contribution in [1.82, 2.24) is 20.4 Å². The summed E-state index contributed by atoms with van der Waals surface area (Å²) in [6.45, 7) is 8.06. The zero-order valence-corrected chi connectivity index (χ0v) is 17.4. The van der Waals surface area contributed by atoms with E-state index in [-0.39, 0.29) is 0 Å². The van der Waals surface area contributed by atoms with Crippen LogP contribution < -0.4 is 20.1 Å². The van der Waals surface area contributed by atoms with Crippen molar-refractivity contribution >= 4 is 5.96 Å². The van der Waals surface area contributed by atoms with E-state index < -0.39 is 0 Å². The number of likely N-dealkylation sites (N-methyl/N-ethyl adjacent to an activating group) is 1. The minimum atomic E-state index is 0.410. The first-order chi connectivity index (χ1) is 13.1. The molecule has 0 bridgehead atoms. The number of guanidine groups is 1. The minimum Gasteiger partial charge on any atom is -0.497 e. The molecule has 1 fully saturated rings. The van der Waals surface area contributed by atoms with Crippen LogP contribution in [-0.4, -0.2) is 82.8 Å². The van der Waals surface area contributed by atoms with Crippen molar-refractivity contribution < 1.29 is 9.47 Å². The van der Waals surface area contributed by atoms with Crippen LogP contribution >= 0.6 is 0 Å². The van der Waals surface area contributed by atoms with Gasteiger partial charge in [-0.15, -0.1) is 0 Å². The fraction of sp³-hybridized carbons (Fsp3) is 0.650. The lowest BCUT2D eigenvalue weighted by Crippen LogP contribution is -2.46. The predicted molar refractivity (Wildman–Crippen MR) is 111 cm³/mol. The van der Waals surface area contributed by atoms with Gasteiger partial charge in [0.05, 0.1) is 14.2 Å². The lowest BCUT2D eigenvalue weighted by atomic mass is 10.2. The molecule has 0 aliphatic carbocycles. The molecule has 0 spiro atoms.